The highest BCUT2D eigenvalue weighted by molar-refractivity contribution is 7.04. The first-order valence-corrected chi connectivity index (χ1v) is 13.2. The summed E-state index contributed by atoms with van der Waals surface area (Å²) in [6.07, 6.45) is 3.56. The van der Waals surface area contributed by atoms with Gasteiger partial charge in [0.1, 0.15) is 13.9 Å². The third-order valence-corrected chi connectivity index (χ3v) is 12.5. The van der Waals surface area contributed by atoms with Gasteiger partial charge in [0.25, 0.3) is 0 Å². The van der Waals surface area contributed by atoms with Crippen molar-refractivity contribution in [3.8, 4) is 0 Å². The minimum atomic E-state index is -2.15. The Morgan fingerprint density at radius 2 is 1.45 bits per heavy atom. The van der Waals surface area contributed by atoms with Crippen molar-refractivity contribution < 1.29 is 4.79 Å². The summed E-state index contributed by atoms with van der Waals surface area (Å²) >= 11 is 0. The summed E-state index contributed by atoms with van der Waals surface area (Å²) in [5, 5.41) is 3.02. The van der Waals surface area contributed by atoms with Crippen molar-refractivity contribution in [3.05, 3.63) is 72.8 Å². The van der Waals surface area contributed by atoms with Crippen molar-refractivity contribution in [2.24, 2.45) is 5.92 Å². The monoisotopic (exact) mass is 406 g/mol. The van der Waals surface area contributed by atoms with E-state index >= 15 is 0 Å². The lowest BCUT2D eigenvalue weighted by Gasteiger charge is -2.45. The van der Waals surface area contributed by atoms with Crippen LogP contribution in [0.4, 0.5) is 0 Å². The molecule has 0 N–H and O–H groups in total. The molecule has 1 atom stereocenters. The SMILES string of the molecule is C=C(CC(C)C(=O)CCCC)C[Si](c1ccccc1)(c1ccccc1)C(C)(C)C. The maximum Gasteiger partial charge on any atom is 0.136 e. The van der Waals surface area contributed by atoms with E-state index in [4.69, 9.17) is 0 Å². The first-order valence-electron chi connectivity index (χ1n) is 11.0. The van der Waals surface area contributed by atoms with Gasteiger partial charge in [0, 0.05) is 12.3 Å². The van der Waals surface area contributed by atoms with Gasteiger partial charge in [-0.2, -0.15) is 0 Å². The van der Waals surface area contributed by atoms with Gasteiger partial charge < -0.3 is 0 Å². The van der Waals surface area contributed by atoms with Crippen molar-refractivity contribution >= 4 is 24.2 Å². The number of carbonyl (C=O) groups excluding carboxylic acids is 1. The topological polar surface area (TPSA) is 17.1 Å². The van der Waals surface area contributed by atoms with E-state index < -0.39 is 8.07 Å². The maximum absolute atomic E-state index is 12.5. The first kappa shape index (κ1) is 23.3. The third kappa shape index (κ3) is 5.57. The van der Waals surface area contributed by atoms with Crippen LogP contribution >= 0.6 is 0 Å². The van der Waals surface area contributed by atoms with Crippen LogP contribution in [0.5, 0.6) is 0 Å². The average molecular weight is 407 g/mol. The molecule has 2 aromatic carbocycles. The van der Waals surface area contributed by atoms with Crippen LogP contribution in [0.2, 0.25) is 11.1 Å². The Morgan fingerprint density at radius 3 is 1.86 bits per heavy atom. The number of allylic oxidation sites excluding steroid dienone is 1. The zero-order valence-corrected chi connectivity index (χ0v) is 20.0. The lowest BCUT2D eigenvalue weighted by Crippen LogP contribution is -2.64. The molecule has 0 aromatic heterocycles. The van der Waals surface area contributed by atoms with Gasteiger partial charge in [0.2, 0.25) is 0 Å². The first-order chi connectivity index (χ1) is 13.7. The normalized spacial score (nSPS) is 13.1. The molecule has 0 saturated carbocycles. The highest BCUT2D eigenvalue weighted by Crippen LogP contribution is 2.41. The van der Waals surface area contributed by atoms with Crippen LogP contribution in [0.1, 0.15) is 60.3 Å². The van der Waals surface area contributed by atoms with Gasteiger partial charge in [-0.1, -0.05) is 118 Å². The number of unbranched alkanes of at least 4 members (excludes halogenated alkanes) is 1. The molecule has 0 aliphatic rings. The number of carbonyl (C=O) groups is 1. The summed E-state index contributed by atoms with van der Waals surface area (Å²) in [6, 6.07) is 23.0. The molecule has 0 bridgehead atoms. The van der Waals surface area contributed by atoms with Gasteiger partial charge in [0.05, 0.1) is 0 Å². The second-order valence-corrected chi connectivity index (χ2v) is 14.3. The molecule has 1 unspecified atom stereocenters. The third-order valence-electron chi connectivity index (χ3n) is 6.25. The Bertz CT molecular complexity index is 747. The second kappa shape index (κ2) is 10.2. The van der Waals surface area contributed by atoms with Gasteiger partial charge in [-0.15, -0.1) is 6.58 Å². The fraction of sp³-hybridized carbons (Fsp3) is 0.444. The molecule has 0 fully saturated rings. The highest BCUT2D eigenvalue weighted by Gasteiger charge is 2.47. The van der Waals surface area contributed by atoms with Crippen molar-refractivity contribution in [3.63, 3.8) is 0 Å². The van der Waals surface area contributed by atoms with Gasteiger partial charge in [-0.05, 0) is 23.9 Å². The van der Waals surface area contributed by atoms with E-state index in [1.54, 1.807) is 0 Å². The van der Waals surface area contributed by atoms with Crippen molar-refractivity contribution in [1.82, 2.24) is 0 Å². The highest BCUT2D eigenvalue weighted by atomic mass is 28.3. The number of ketones is 1. The van der Waals surface area contributed by atoms with Crippen LogP contribution in [0.25, 0.3) is 0 Å². The average Bonchev–Trinajstić information content (AvgIpc) is 2.70. The van der Waals surface area contributed by atoms with E-state index in [1.807, 2.05) is 0 Å². The zero-order chi connectivity index (χ0) is 21.5. The largest absolute Gasteiger partial charge is 0.299 e. The van der Waals surface area contributed by atoms with Crippen LogP contribution in [0, 0.1) is 5.92 Å². The van der Waals surface area contributed by atoms with Crippen LogP contribution in [0.15, 0.2) is 72.8 Å². The molecule has 0 heterocycles. The van der Waals surface area contributed by atoms with Crippen LogP contribution in [-0.4, -0.2) is 13.9 Å². The summed E-state index contributed by atoms with van der Waals surface area (Å²) < 4.78 is 0. The Labute approximate surface area is 179 Å². The van der Waals surface area contributed by atoms with Gasteiger partial charge in [0.15, 0.2) is 0 Å². The van der Waals surface area contributed by atoms with E-state index in [2.05, 4.69) is 102 Å². The molecule has 0 spiro atoms. The molecule has 0 aliphatic carbocycles. The smallest absolute Gasteiger partial charge is 0.136 e. The summed E-state index contributed by atoms with van der Waals surface area (Å²) in [5.74, 6) is 0.447. The predicted molar refractivity (Wildman–Crippen MR) is 130 cm³/mol. The molecule has 2 heteroatoms. The number of Topliss-reactive ketones (excluding diaryl/α,β-unsaturated/α-hetero) is 1. The van der Waals surface area contributed by atoms with Crippen LogP contribution in [-0.2, 0) is 4.79 Å². The van der Waals surface area contributed by atoms with E-state index in [0.29, 0.717) is 12.2 Å². The van der Waals surface area contributed by atoms with E-state index in [-0.39, 0.29) is 11.0 Å². The fourth-order valence-electron chi connectivity index (χ4n) is 4.54. The fourth-order valence-corrected chi connectivity index (χ4v) is 9.96. The molecule has 0 saturated heterocycles. The maximum atomic E-state index is 12.5. The molecular formula is C27H38OSi. The standard InChI is InChI=1S/C27H38OSi/c1-7-8-19-26(28)23(3)20-22(2)21-29(27(4,5)6,24-15-11-9-12-16-24)25-17-13-10-14-18-25/h9-18,23H,2,7-8,19-21H2,1,3-6H3. The van der Waals surface area contributed by atoms with Gasteiger partial charge in [-0.3, -0.25) is 4.79 Å². The number of rotatable bonds is 10. The van der Waals surface area contributed by atoms with Gasteiger partial charge in [-0.25, -0.2) is 0 Å². The zero-order valence-electron chi connectivity index (χ0n) is 19.0. The van der Waals surface area contributed by atoms with E-state index in [9.17, 15) is 4.79 Å². The molecule has 0 radical (unpaired) electrons. The van der Waals surface area contributed by atoms with Gasteiger partial charge >= 0.3 is 0 Å². The van der Waals surface area contributed by atoms with Crippen molar-refractivity contribution in [1.29, 1.82) is 0 Å². The number of hydrogen-bond acceptors (Lipinski definition) is 1. The van der Waals surface area contributed by atoms with Crippen LogP contribution < -0.4 is 10.4 Å². The van der Waals surface area contributed by atoms with Crippen molar-refractivity contribution in [2.75, 3.05) is 0 Å². The molecule has 2 aromatic rings. The summed E-state index contributed by atoms with van der Waals surface area (Å²) in [5.41, 5.74) is 1.22. The molecule has 0 amide bonds. The Hall–Kier alpha value is -1.93. The minimum Gasteiger partial charge on any atom is -0.299 e. The minimum absolute atomic E-state index is 0.0623. The lowest BCUT2D eigenvalue weighted by molar-refractivity contribution is -0.122. The molecule has 29 heavy (non-hydrogen) atoms. The Balaban J connectivity index is 2.41. The predicted octanol–water partition coefficient (Wildman–Crippen LogP) is 6.39. The number of benzene rings is 2. The molecule has 1 nitrogen and oxygen atoms in total. The molecule has 156 valence electrons. The second-order valence-electron chi connectivity index (χ2n) is 9.49. The quantitative estimate of drug-likeness (QED) is 0.330. The molecular weight excluding hydrogens is 368 g/mol. The summed E-state index contributed by atoms with van der Waals surface area (Å²) in [4.78, 5) is 12.5. The Kier molecular flexibility index (Phi) is 8.21. The Morgan fingerprint density at radius 1 is 0.966 bits per heavy atom. The molecule has 0 aliphatic heterocycles. The van der Waals surface area contributed by atoms with Crippen molar-refractivity contribution in [2.45, 2.75) is 71.4 Å². The van der Waals surface area contributed by atoms with E-state index in [1.165, 1.54) is 15.9 Å². The van der Waals surface area contributed by atoms with Crippen LogP contribution in [0.3, 0.4) is 0 Å². The summed E-state index contributed by atoms with van der Waals surface area (Å²) in [7, 11) is -2.15. The molecule has 2 rings (SSSR count). The lowest BCUT2D eigenvalue weighted by atomic mass is 9.95. The number of hydrogen-bond donors (Lipinski definition) is 0. The summed E-state index contributed by atoms with van der Waals surface area (Å²) in [6.45, 7) is 15.8. The van der Waals surface area contributed by atoms with E-state index in [0.717, 1.165) is 25.3 Å².